The maximum Gasteiger partial charge on any atom is 0.242 e. The molecule has 1 amide bonds. The van der Waals surface area contributed by atoms with Gasteiger partial charge in [-0.15, -0.1) is 0 Å². The number of nitrogens with zero attached hydrogens (tertiary/aromatic N) is 1. The van der Waals surface area contributed by atoms with Gasteiger partial charge in [-0.05, 0) is 36.8 Å². The summed E-state index contributed by atoms with van der Waals surface area (Å²) in [6.07, 6.45) is 0. The van der Waals surface area contributed by atoms with E-state index in [-0.39, 0.29) is 16.1 Å². The van der Waals surface area contributed by atoms with Gasteiger partial charge in [0.05, 0.1) is 17.0 Å². The molecule has 0 bridgehead atoms. The fraction of sp³-hybridized carbons (Fsp3) is 0.125. The van der Waals surface area contributed by atoms with Crippen LogP contribution in [0.4, 0.5) is 10.1 Å². The van der Waals surface area contributed by atoms with Crippen molar-refractivity contribution in [2.75, 3.05) is 11.9 Å². The SMILES string of the molecule is Cc1ccc(F)cc1NC(=O)CNS(=O)(=O)c1ccccc1C#N. The molecule has 0 heterocycles. The quantitative estimate of drug-likeness (QED) is 0.863. The molecule has 0 unspecified atom stereocenters. The highest BCUT2D eigenvalue weighted by Gasteiger charge is 2.19. The second kappa shape index (κ2) is 7.21. The second-order valence-corrected chi connectivity index (χ2v) is 6.68. The summed E-state index contributed by atoms with van der Waals surface area (Å²) < 4.78 is 39.7. The molecule has 0 saturated heterocycles. The normalized spacial score (nSPS) is 10.9. The minimum Gasteiger partial charge on any atom is -0.325 e. The van der Waals surface area contributed by atoms with Gasteiger partial charge in [0.15, 0.2) is 0 Å². The number of sulfonamides is 1. The molecule has 2 aromatic rings. The van der Waals surface area contributed by atoms with Crippen LogP contribution in [0.25, 0.3) is 0 Å². The summed E-state index contributed by atoms with van der Waals surface area (Å²) in [5.41, 5.74) is 0.880. The zero-order valence-electron chi connectivity index (χ0n) is 12.7. The number of hydrogen-bond acceptors (Lipinski definition) is 4. The molecule has 6 nitrogen and oxygen atoms in total. The van der Waals surface area contributed by atoms with Gasteiger partial charge < -0.3 is 5.32 Å². The van der Waals surface area contributed by atoms with Gasteiger partial charge in [0.25, 0.3) is 0 Å². The fourth-order valence-corrected chi connectivity index (χ4v) is 3.09. The van der Waals surface area contributed by atoms with E-state index in [1.165, 1.54) is 36.4 Å². The molecular weight excluding hydrogens is 333 g/mol. The molecule has 124 valence electrons. The van der Waals surface area contributed by atoms with E-state index in [1.807, 2.05) is 0 Å². The van der Waals surface area contributed by atoms with Crippen molar-refractivity contribution in [3.8, 4) is 6.07 Å². The van der Waals surface area contributed by atoms with E-state index >= 15 is 0 Å². The molecule has 2 N–H and O–H groups in total. The Morgan fingerprint density at radius 1 is 1.25 bits per heavy atom. The number of nitrogens with one attached hydrogen (secondary N) is 2. The molecule has 0 atom stereocenters. The first kappa shape index (κ1) is 17.6. The van der Waals surface area contributed by atoms with Gasteiger partial charge in [0.2, 0.25) is 15.9 Å². The van der Waals surface area contributed by atoms with E-state index in [9.17, 15) is 17.6 Å². The van der Waals surface area contributed by atoms with Crippen LogP contribution in [0.2, 0.25) is 0 Å². The lowest BCUT2D eigenvalue weighted by molar-refractivity contribution is -0.115. The molecule has 2 rings (SSSR count). The number of benzene rings is 2. The first-order chi connectivity index (χ1) is 11.3. The Kier molecular flexibility index (Phi) is 5.28. The number of rotatable bonds is 5. The van der Waals surface area contributed by atoms with Crippen LogP contribution in [0.5, 0.6) is 0 Å². The van der Waals surface area contributed by atoms with Crippen molar-refractivity contribution in [2.24, 2.45) is 0 Å². The molecule has 0 spiro atoms. The van der Waals surface area contributed by atoms with E-state index in [4.69, 9.17) is 5.26 Å². The molecule has 0 aliphatic carbocycles. The average molecular weight is 347 g/mol. The van der Waals surface area contributed by atoms with Crippen LogP contribution in [0.1, 0.15) is 11.1 Å². The van der Waals surface area contributed by atoms with Gasteiger partial charge in [-0.3, -0.25) is 4.79 Å². The molecule has 0 aliphatic heterocycles. The van der Waals surface area contributed by atoms with E-state index in [1.54, 1.807) is 13.0 Å². The van der Waals surface area contributed by atoms with E-state index in [2.05, 4.69) is 10.0 Å². The van der Waals surface area contributed by atoms with E-state index in [0.717, 1.165) is 6.07 Å². The highest BCUT2D eigenvalue weighted by Crippen LogP contribution is 2.16. The first-order valence-electron chi connectivity index (χ1n) is 6.88. The summed E-state index contributed by atoms with van der Waals surface area (Å²) in [4.78, 5) is 11.7. The number of aryl methyl sites for hydroxylation is 1. The van der Waals surface area contributed by atoms with Crippen LogP contribution in [-0.4, -0.2) is 20.9 Å². The summed E-state index contributed by atoms with van der Waals surface area (Å²) >= 11 is 0. The summed E-state index contributed by atoms with van der Waals surface area (Å²) in [5, 5.41) is 11.4. The monoisotopic (exact) mass is 347 g/mol. The van der Waals surface area contributed by atoms with Crippen LogP contribution in [-0.2, 0) is 14.8 Å². The summed E-state index contributed by atoms with van der Waals surface area (Å²) in [5.74, 6) is -1.17. The topological polar surface area (TPSA) is 99.1 Å². The van der Waals surface area contributed by atoms with Crippen LogP contribution < -0.4 is 10.0 Å². The number of amides is 1. The van der Waals surface area contributed by atoms with Gasteiger partial charge in [0, 0.05) is 5.69 Å². The molecular formula is C16H14FN3O3S. The van der Waals surface area contributed by atoms with Gasteiger partial charge in [0.1, 0.15) is 11.9 Å². The standard InChI is InChI=1S/C16H14FN3O3S/c1-11-6-7-13(17)8-14(11)20-16(21)10-19-24(22,23)15-5-3-2-4-12(15)9-18/h2-8,19H,10H2,1H3,(H,20,21). The third-order valence-corrected chi connectivity index (χ3v) is 4.65. The zero-order chi connectivity index (χ0) is 17.7. The van der Waals surface area contributed by atoms with Crippen LogP contribution >= 0.6 is 0 Å². The van der Waals surface area contributed by atoms with Crippen molar-refractivity contribution >= 4 is 21.6 Å². The summed E-state index contributed by atoms with van der Waals surface area (Å²) in [6.45, 7) is 1.14. The highest BCUT2D eigenvalue weighted by molar-refractivity contribution is 7.89. The maximum atomic E-state index is 13.2. The number of carbonyl (C=O) groups is 1. The summed E-state index contributed by atoms with van der Waals surface area (Å²) in [7, 11) is -4.02. The minimum atomic E-state index is -4.02. The number of hydrogen-bond donors (Lipinski definition) is 2. The minimum absolute atomic E-state index is 0.0219. The number of halogens is 1. The molecule has 0 fully saturated rings. The Morgan fingerprint density at radius 3 is 2.67 bits per heavy atom. The molecule has 0 aliphatic rings. The van der Waals surface area contributed by atoms with Crippen molar-refractivity contribution in [1.82, 2.24) is 4.72 Å². The third-order valence-electron chi connectivity index (χ3n) is 3.19. The highest BCUT2D eigenvalue weighted by atomic mass is 32.2. The lowest BCUT2D eigenvalue weighted by Crippen LogP contribution is -2.33. The van der Waals surface area contributed by atoms with Crippen molar-refractivity contribution in [3.05, 3.63) is 59.4 Å². The Bertz CT molecular complexity index is 920. The van der Waals surface area contributed by atoms with Gasteiger partial charge in [-0.25, -0.2) is 17.5 Å². The molecule has 0 aromatic heterocycles. The Balaban J connectivity index is 2.08. The number of nitriles is 1. The lowest BCUT2D eigenvalue weighted by Gasteiger charge is -2.10. The molecule has 2 aromatic carbocycles. The number of anilines is 1. The number of carbonyl (C=O) groups excluding carboxylic acids is 1. The zero-order valence-corrected chi connectivity index (χ0v) is 13.5. The Labute approximate surface area is 139 Å². The Hall–Kier alpha value is -2.76. The molecule has 24 heavy (non-hydrogen) atoms. The Morgan fingerprint density at radius 2 is 1.96 bits per heavy atom. The van der Waals surface area contributed by atoms with Crippen molar-refractivity contribution in [1.29, 1.82) is 5.26 Å². The van der Waals surface area contributed by atoms with Crippen LogP contribution in [0.3, 0.4) is 0 Å². The smallest absolute Gasteiger partial charge is 0.242 e. The first-order valence-corrected chi connectivity index (χ1v) is 8.36. The predicted octanol–water partition coefficient (Wildman–Crippen LogP) is 1.92. The second-order valence-electron chi connectivity index (χ2n) is 4.94. The van der Waals surface area contributed by atoms with Crippen LogP contribution in [0.15, 0.2) is 47.4 Å². The average Bonchev–Trinajstić information content (AvgIpc) is 2.56. The molecule has 8 heteroatoms. The van der Waals surface area contributed by atoms with Gasteiger partial charge >= 0.3 is 0 Å². The van der Waals surface area contributed by atoms with Gasteiger partial charge in [-0.2, -0.15) is 5.26 Å². The largest absolute Gasteiger partial charge is 0.325 e. The van der Waals surface area contributed by atoms with Crippen molar-refractivity contribution in [2.45, 2.75) is 11.8 Å². The van der Waals surface area contributed by atoms with Crippen LogP contribution in [0, 0.1) is 24.1 Å². The molecule has 0 saturated carbocycles. The fourth-order valence-electron chi connectivity index (χ4n) is 1.95. The van der Waals surface area contributed by atoms with Crippen molar-refractivity contribution < 1.29 is 17.6 Å². The summed E-state index contributed by atoms with van der Waals surface area (Å²) in [6, 6.07) is 11.3. The maximum absolute atomic E-state index is 13.2. The van der Waals surface area contributed by atoms with E-state index < -0.39 is 28.3 Å². The van der Waals surface area contributed by atoms with Crippen molar-refractivity contribution in [3.63, 3.8) is 0 Å². The van der Waals surface area contributed by atoms with Gasteiger partial charge in [-0.1, -0.05) is 18.2 Å². The van der Waals surface area contributed by atoms with E-state index in [0.29, 0.717) is 5.56 Å². The third kappa shape index (κ3) is 4.16. The molecule has 0 radical (unpaired) electrons. The predicted molar refractivity (Wildman–Crippen MR) is 86.1 cm³/mol. The lowest BCUT2D eigenvalue weighted by atomic mass is 10.2.